The standard InChI is InChI=1S/C21H26N2O5/c1-13(2)23(11-16-9-7-6-8-10-16)17(24)12-28-21(26)19-14(3)18(15(4)22-19)20(25)27-5/h6-10,13,22H,11-12H2,1-5H3. The van der Waals surface area contributed by atoms with Crippen LogP contribution in [-0.2, 0) is 20.8 Å². The predicted octanol–water partition coefficient (Wildman–Crippen LogP) is 3.01. The van der Waals surface area contributed by atoms with Crippen LogP contribution in [0.15, 0.2) is 30.3 Å². The van der Waals surface area contributed by atoms with Gasteiger partial charge in [-0.05, 0) is 38.8 Å². The van der Waals surface area contributed by atoms with Crippen LogP contribution >= 0.6 is 0 Å². The molecule has 0 saturated carbocycles. The number of carbonyl (C=O) groups is 3. The summed E-state index contributed by atoms with van der Waals surface area (Å²) in [6.07, 6.45) is 0. The van der Waals surface area contributed by atoms with Crippen LogP contribution < -0.4 is 0 Å². The molecule has 7 heteroatoms. The van der Waals surface area contributed by atoms with Crippen molar-refractivity contribution in [1.82, 2.24) is 9.88 Å². The van der Waals surface area contributed by atoms with Crippen molar-refractivity contribution in [2.45, 2.75) is 40.3 Å². The minimum atomic E-state index is -0.687. The van der Waals surface area contributed by atoms with E-state index in [1.807, 2.05) is 44.2 Å². The number of carbonyl (C=O) groups excluding carboxylic acids is 3. The molecule has 0 spiro atoms. The number of esters is 2. The third-order valence-electron chi connectivity index (χ3n) is 4.50. The lowest BCUT2D eigenvalue weighted by Gasteiger charge is -2.26. The van der Waals surface area contributed by atoms with Crippen molar-refractivity contribution in [2.24, 2.45) is 0 Å². The quantitative estimate of drug-likeness (QED) is 0.739. The summed E-state index contributed by atoms with van der Waals surface area (Å²) >= 11 is 0. The molecule has 1 heterocycles. The summed E-state index contributed by atoms with van der Waals surface area (Å²) in [6, 6.07) is 9.56. The van der Waals surface area contributed by atoms with Crippen LogP contribution in [0.1, 0.15) is 51.5 Å². The van der Waals surface area contributed by atoms with E-state index in [-0.39, 0.29) is 24.2 Å². The van der Waals surface area contributed by atoms with Gasteiger partial charge >= 0.3 is 11.9 Å². The SMILES string of the molecule is COC(=O)c1c(C)[nH]c(C(=O)OCC(=O)N(Cc2ccccc2)C(C)C)c1C. The van der Waals surface area contributed by atoms with Crippen molar-refractivity contribution < 1.29 is 23.9 Å². The Bertz CT molecular complexity index is 855. The summed E-state index contributed by atoms with van der Waals surface area (Å²) < 4.78 is 9.94. The third kappa shape index (κ3) is 4.79. The number of aromatic amines is 1. The van der Waals surface area contributed by atoms with E-state index < -0.39 is 11.9 Å². The third-order valence-corrected chi connectivity index (χ3v) is 4.50. The number of benzene rings is 1. The van der Waals surface area contributed by atoms with Crippen LogP contribution in [0.25, 0.3) is 0 Å². The molecular weight excluding hydrogens is 360 g/mol. The normalized spacial score (nSPS) is 10.6. The summed E-state index contributed by atoms with van der Waals surface area (Å²) in [5.74, 6) is -1.51. The van der Waals surface area contributed by atoms with E-state index >= 15 is 0 Å². The number of hydrogen-bond donors (Lipinski definition) is 1. The maximum atomic E-state index is 12.6. The maximum Gasteiger partial charge on any atom is 0.355 e. The van der Waals surface area contributed by atoms with E-state index in [4.69, 9.17) is 9.47 Å². The number of ether oxygens (including phenoxy) is 2. The molecule has 150 valence electrons. The smallest absolute Gasteiger partial charge is 0.355 e. The number of aryl methyl sites for hydroxylation is 1. The van der Waals surface area contributed by atoms with Gasteiger partial charge in [0.25, 0.3) is 5.91 Å². The fourth-order valence-corrected chi connectivity index (χ4v) is 2.98. The largest absolute Gasteiger partial charge is 0.465 e. The molecule has 2 aromatic rings. The lowest BCUT2D eigenvalue weighted by molar-refractivity contribution is -0.136. The number of hydrogen-bond acceptors (Lipinski definition) is 5. The van der Waals surface area contributed by atoms with Crippen molar-refractivity contribution in [3.63, 3.8) is 0 Å². The summed E-state index contributed by atoms with van der Waals surface area (Å²) in [7, 11) is 1.28. The molecule has 0 fully saturated rings. The molecule has 1 N–H and O–H groups in total. The molecule has 1 aromatic heterocycles. The van der Waals surface area contributed by atoms with Gasteiger partial charge in [-0.1, -0.05) is 30.3 Å². The Balaban J connectivity index is 2.06. The van der Waals surface area contributed by atoms with Gasteiger partial charge in [0.2, 0.25) is 0 Å². The second-order valence-corrected chi connectivity index (χ2v) is 6.79. The first-order valence-corrected chi connectivity index (χ1v) is 9.04. The zero-order valence-corrected chi connectivity index (χ0v) is 16.9. The van der Waals surface area contributed by atoms with Gasteiger partial charge in [-0.3, -0.25) is 4.79 Å². The van der Waals surface area contributed by atoms with Gasteiger partial charge in [0.05, 0.1) is 12.7 Å². The molecule has 0 aliphatic carbocycles. The minimum Gasteiger partial charge on any atom is -0.465 e. The first-order chi connectivity index (χ1) is 13.3. The Morgan fingerprint density at radius 3 is 2.29 bits per heavy atom. The second kappa shape index (κ2) is 9.21. The highest BCUT2D eigenvalue weighted by atomic mass is 16.5. The predicted molar refractivity (Wildman–Crippen MR) is 104 cm³/mol. The van der Waals surface area contributed by atoms with Crippen LogP contribution in [-0.4, -0.2) is 47.5 Å². The number of rotatable bonds is 7. The fourth-order valence-electron chi connectivity index (χ4n) is 2.98. The maximum absolute atomic E-state index is 12.6. The second-order valence-electron chi connectivity index (χ2n) is 6.79. The Morgan fingerprint density at radius 1 is 1.07 bits per heavy atom. The summed E-state index contributed by atoms with van der Waals surface area (Å²) in [6.45, 7) is 7.16. The van der Waals surface area contributed by atoms with E-state index in [0.717, 1.165) is 5.56 Å². The number of aromatic nitrogens is 1. The van der Waals surface area contributed by atoms with Crippen LogP contribution in [0.5, 0.6) is 0 Å². The highest BCUT2D eigenvalue weighted by Crippen LogP contribution is 2.19. The molecule has 0 aliphatic heterocycles. The van der Waals surface area contributed by atoms with Gasteiger partial charge in [0.15, 0.2) is 6.61 Å². The average Bonchev–Trinajstić information content (AvgIpc) is 2.98. The van der Waals surface area contributed by atoms with E-state index in [1.54, 1.807) is 18.7 Å². The molecule has 0 bridgehead atoms. The Kier molecular flexibility index (Phi) is 6.98. The molecular formula is C21H26N2O5. The molecule has 0 radical (unpaired) electrons. The molecule has 1 amide bonds. The molecule has 0 unspecified atom stereocenters. The highest BCUT2D eigenvalue weighted by molar-refractivity contribution is 5.99. The Hall–Kier alpha value is -3.09. The zero-order chi connectivity index (χ0) is 20.8. The lowest BCUT2D eigenvalue weighted by atomic mass is 10.1. The highest BCUT2D eigenvalue weighted by Gasteiger charge is 2.25. The van der Waals surface area contributed by atoms with Crippen molar-refractivity contribution in [2.75, 3.05) is 13.7 Å². The fraction of sp³-hybridized carbons (Fsp3) is 0.381. The Labute approximate surface area is 164 Å². The van der Waals surface area contributed by atoms with Crippen LogP contribution in [0.4, 0.5) is 0 Å². The van der Waals surface area contributed by atoms with E-state index in [0.29, 0.717) is 23.4 Å². The van der Waals surface area contributed by atoms with E-state index in [1.165, 1.54) is 7.11 Å². The number of methoxy groups -OCH3 is 1. The molecule has 28 heavy (non-hydrogen) atoms. The van der Waals surface area contributed by atoms with E-state index in [9.17, 15) is 14.4 Å². The first kappa shape index (κ1) is 21.2. The van der Waals surface area contributed by atoms with Gasteiger partial charge in [-0.2, -0.15) is 0 Å². The lowest BCUT2D eigenvalue weighted by Crippen LogP contribution is -2.39. The minimum absolute atomic E-state index is 0.0493. The summed E-state index contributed by atoms with van der Waals surface area (Å²) in [4.78, 5) is 41.4. The number of amides is 1. The van der Waals surface area contributed by atoms with Crippen LogP contribution in [0.3, 0.4) is 0 Å². The van der Waals surface area contributed by atoms with Gasteiger partial charge in [-0.15, -0.1) is 0 Å². The number of nitrogens with zero attached hydrogens (tertiary/aromatic N) is 1. The molecule has 2 rings (SSSR count). The first-order valence-electron chi connectivity index (χ1n) is 9.04. The topological polar surface area (TPSA) is 88.7 Å². The average molecular weight is 386 g/mol. The zero-order valence-electron chi connectivity index (χ0n) is 16.9. The molecule has 1 aromatic carbocycles. The molecule has 0 aliphatic rings. The number of H-pyrrole nitrogens is 1. The molecule has 0 saturated heterocycles. The van der Waals surface area contributed by atoms with Crippen molar-refractivity contribution in [3.8, 4) is 0 Å². The molecule has 7 nitrogen and oxygen atoms in total. The molecule has 0 atom stereocenters. The van der Waals surface area contributed by atoms with Gasteiger partial charge in [0, 0.05) is 18.3 Å². The van der Waals surface area contributed by atoms with Crippen LogP contribution in [0.2, 0.25) is 0 Å². The van der Waals surface area contributed by atoms with Crippen LogP contribution in [0, 0.1) is 13.8 Å². The van der Waals surface area contributed by atoms with E-state index in [2.05, 4.69) is 4.98 Å². The summed E-state index contributed by atoms with van der Waals surface area (Å²) in [5, 5.41) is 0. The monoisotopic (exact) mass is 386 g/mol. The summed E-state index contributed by atoms with van der Waals surface area (Å²) in [5.41, 5.74) is 2.38. The van der Waals surface area contributed by atoms with Crippen molar-refractivity contribution >= 4 is 17.8 Å². The Morgan fingerprint density at radius 2 is 1.71 bits per heavy atom. The van der Waals surface area contributed by atoms with Crippen molar-refractivity contribution in [1.29, 1.82) is 0 Å². The van der Waals surface area contributed by atoms with Crippen molar-refractivity contribution in [3.05, 3.63) is 58.4 Å². The van der Waals surface area contributed by atoms with Gasteiger partial charge in [-0.25, -0.2) is 9.59 Å². The van der Waals surface area contributed by atoms with Gasteiger partial charge < -0.3 is 19.4 Å². The number of nitrogens with one attached hydrogen (secondary N) is 1. The van der Waals surface area contributed by atoms with Gasteiger partial charge in [0.1, 0.15) is 5.69 Å².